The van der Waals surface area contributed by atoms with E-state index in [2.05, 4.69) is 34.2 Å². The molecule has 0 aliphatic carbocycles. The third-order valence-electron chi connectivity index (χ3n) is 2.92. The van der Waals surface area contributed by atoms with E-state index in [1.807, 2.05) is 31.2 Å². The molecule has 1 heterocycles. The molecule has 0 bridgehead atoms. The summed E-state index contributed by atoms with van der Waals surface area (Å²) in [7, 11) is 0. The SMILES string of the molecule is CCOC(C)(C)c1ccc(-c2nnc(C)nn2)cc1. The molecule has 2 rings (SSSR count). The van der Waals surface area contributed by atoms with Crippen molar-refractivity contribution in [1.82, 2.24) is 20.4 Å². The van der Waals surface area contributed by atoms with Crippen molar-refractivity contribution >= 4 is 0 Å². The van der Waals surface area contributed by atoms with E-state index in [-0.39, 0.29) is 5.60 Å². The van der Waals surface area contributed by atoms with Crippen molar-refractivity contribution in [3.8, 4) is 11.4 Å². The van der Waals surface area contributed by atoms with E-state index in [4.69, 9.17) is 4.74 Å². The van der Waals surface area contributed by atoms with Gasteiger partial charge < -0.3 is 4.74 Å². The summed E-state index contributed by atoms with van der Waals surface area (Å²) in [6, 6.07) is 7.97. The van der Waals surface area contributed by atoms with Crippen LogP contribution in [0.3, 0.4) is 0 Å². The van der Waals surface area contributed by atoms with Crippen molar-refractivity contribution in [2.24, 2.45) is 0 Å². The molecule has 0 atom stereocenters. The summed E-state index contributed by atoms with van der Waals surface area (Å²) < 4.78 is 5.72. The van der Waals surface area contributed by atoms with Crippen LogP contribution >= 0.6 is 0 Å². The van der Waals surface area contributed by atoms with Crippen molar-refractivity contribution in [2.45, 2.75) is 33.3 Å². The van der Waals surface area contributed by atoms with Crippen LogP contribution in [0, 0.1) is 6.92 Å². The Kier molecular flexibility index (Phi) is 3.85. The maximum absolute atomic E-state index is 5.72. The fourth-order valence-electron chi connectivity index (χ4n) is 1.86. The second-order valence-corrected chi connectivity index (χ2v) is 4.79. The van der Waals surface area contributed by atoms with Gasteiger partial charge in [-0.15, -0.1) is 20.4 Å². The third-order valence-corrected chi connectivity index (χ3v) is 2.92. The maximum atomic E-state index is 5.72. The number of hydrogen-bond acceptors (Lipinski definition) is 5. The molecule has 1 aromatic heterocycles. The summed E-state index contributed by atoms with van der Waals surface area (Å²) in [4.78, 5) is 0. The van der Waals surface area contributed by atoms with Crippen LogP contribution in [0.1, 0.15) is 32.2 Å². The van der Waals surface area contributed by atoms with Gasteiger partial charge in [-0.05, 0) is 33.3 Å². The lowest BCUT2D eigenvalue weighted by atomic mass is 9.97. The number of rotatable bonds is 4. The Morgan fingerprint density at radius 3 is 2.11 bits per heavy atom. The van der Waals surface area contributed by atoms with Crippen LogP contribution in [0.4, 0.5) is 0 Å². The van der Waals surface area contributed by atoms with Gasteiger partial charge in [-0.1, -0.05) is 24.3 Å². The first-order valence-corrected chi connectivity index (χ1v) is 6.32. The topological polar surface area (TPSA) is 60.8 Å². The molecule has 0 unspecified atom stereocenters. The van der Waals surface area contributed by atoms with Gasteiger partial charge >= 0.3 is 0 Å². The van der Waals surface area contributed by atoms with Gasteiger partial charge in [0, 0.05) is 12.2 Å². The zero-order valence-electron chi connectivity index (χ0n) is 11.7. The Morgan fingerprint density at radius 2 is 1.58 bits per heavy atom. The summed E-state index contributed by atoms with van der Waals surface area (Å²) in [5, 5.41) is 15.9. The Hall–Kier alpha value is -1.88. The van der Waals surface area contributed by atoms with E-state index in [0.717, 1.165) is 11.1 Å². The average Bonchev–Trinajstić information content (AvgIpc) is 2.40. The van der Waals surface area contributed by atoms with Crippen molar-refractivity contribution in [2.75, 3.05) is 6.61 Å². The molecule has 0 N–H and O–H groups in total. The zero-order chi connectivity index (χ0) is 13.9. The first-order valence-electron chi connectivity index (χ1n) is 6.32. The second-order valence-electron chi connectivity index (χ2n) is 4.79. The second kappa shape index (κ2) is 5.40. The lowest BCUT2D eigenvalue weighted by molar-refractivity contribution is -0.0140. The largest absolute Gasteiger partial charge is 0.371 e. The smallest absolute Gasteiger partial charge is 0.203 e. The van der Waals surface area contributed by atoms with Gasteiger partial charge in [0.1, 0.15) is 0 Å². The standard InChI is InChI=1S/C14H18N4O/c1-5-19-14(3,4)12-8-6-11(7-9-12)13-17-15-10(2)16-18-13/h6-9H,5H2,1-4H3. The predicted octanol–water partition coefficient (Wildman–Crippen LogP) is 2.51. The van der Waals surface area contributed by atoms with Crippen LogP contribution in [-0.2, 0) is 10.3 Å². The molecular weight excluding hydrogens is 240 g/mol. The molecule has 0 aliphatic rings. The summed E-state index contributed by atoms with van der Waals surface area (Å²) in [5.41, 5.74) is 1.72. The van der Waals surface area contributed by atoms with Crippen molar-refractivity contribution < 1.29 is 4.74 Å². The summed E-state index contributed by atoms with van der Waals surface area (Å²) >= 11 is 0. The highest BCUT2D eigenvalue weighted by molar-refractivity contribution is 5.54. The molecule has 0 saturated carbocycles. The van der Waals surface area contributed by atoms with Gasteiger partial charge in [0.25, 0.3) is 0 Å². The van der Waals surface area contributed by atoms with E-state index in [0.29, 0.717) is 18.3 Å². The van der Waals surface area contributed by atoms with E-state index in [1.54, 1.807) is 6.92 Å². The molecule has 0 fully saturated rings. The van der Waals surface area contributed by atoms with Crippen LogP contribution in [-0.4, -0.2) is 27.0 Å². The number of ether oxygens (including phenoxy) is 1. The van der Waals surface area contributed by atoms with Crippen LogP contribution in [0.25, 0.3) is 11.4 Å². The molecule has 1 aromatic carbocycles. The molecule has 5 nitrogen and oxygen atoms in total. The fraction of sp³-hybridized carbons (Fsp3) is 0.429. The van der Waals surface area contributed by atoms with Gasteiger partial charge in [-0.3, -0.25) is 0 Å². The fourth-order valence-corrected chi connectivity index (χ4v) is 1.86. The highest BCUT2D eigenvalue weighted by atomic mass is 16.5. The summed E-state index contributed by atoms with van der Waals surface area (Å²) in [5.74, 6) is 1.10. The molecule has 0 spiro atoms. The molecular formula is C14H18N4O. The number of benzene rings is 1. The molecule has 5 heteroatoms. The molecule has 0 radical (unpaired) electrons. The summed E-state index contributed by atoms with van der Waals surface area (Å²) in [6.45, 7) is 8.54. The summed E-state index contributed by atoms with van der Waals surface area (Å²) in [6.07, 6.45) is 0. The minimum Gasteiger partial charge on any atom is -0.371 e. The van der Waals surface area contributed by atoms with Gasteiger partial charge in [-0.2, -0.15) is 0 Å². The first kappa shape index (κ1) is 13.5. The van der Waals surface area contributed by atoms with E-state index < -0.39 is 0 Å². The minimum atomic E-state index is -0.294. The Morgan fingerprint density at radius 1 is 1.00 bits per heavy atom. The molecule has 0 aliphatic heterocycles. The normalized spacial score (nSPS) is 11.6. The zero-order valence-corrected chi connectivity index (χ0v) is 11.7. The van der Waals surface area contributed by atoms with Crippen LogP contribution in [0.2, 0.25) is 0 Å². The Bertz CT molecular complexity index is 534. The number of aryl methyl sites for hydroxylation is 1. The maximum Gasteiger partial charge on any atom is 0.203 e. The lowest BCUT2D eigenvalue weighted by Gasteiger charge is -2.25. The minimum absolute atomic E-state index is 0.294. The predicted molar refractivity (Wildman–Crippen MR) is 72.4 cm³/mol. The molecule has 2 aromatic rings. The van der Waals surface area contributed by atoms with Crippen LogP contribution in [0.15, 0.2) is 24.3 Å². The quantitative estimate of drug-likeness (QED) is 0.843. The third kappa shape index (κ3) is 3.12. The number of nitrogens with zero attached hydrogens (tertiary/aromatic N) is 4. The van der Waals surface area contributed by atoms with Gasteiger partial charge in [0.05, 0.1) is 5.60 Å². The van der Waals surface area contributed by atoms with Gasteiger partial charge in [0.15, 0.2) is 5.82 Å². The molecule has 0 saturated heterocycles. The number of aromatic nitrogens is 4. The molecule has 100 valence electrons. The number of hydrogen-bond donors (Lipinski definition) is 0. The highest BCUT2D eigenvalue weighted by Crippen LogP contribution is 2.26. The Balaban J connectivity index is 2.25. The average molecular weight is 258 g/mol. The van der Waals surface area contributed by atoms with Crippen molar-refractivity contribution in [3.63, 3.8) is 0 Å². The molecule has 0 amide bonds. The highest BCUT2D eigenvalue weighted by Gasteiger charge is 2.20. The van der Waals surface area contributed by atoms with Gasteiger partial charge in [-0.25, -0.2) is 0 Å². The van der Waals surface area contributed by atoms with E-state index >= 15 is 0 Å². The van der Waals surface area contributed by atoms with E-state index in [1.165, 1.54) is 0 Å². The lowest BCUT2D eigenvalue weighted by Crippen LogP contribution is -2.21. The van der Waals surface area contributed by atoms with Gasteiger partial charge in [0.2, 0.25) is 5.82 Å². The van der Waals surface area contributed by atoms with Crippen LogP contribution < -0.4 is 0 Å². The van der Waals surface area contributed by atoms with Crippen LogP contribution in [0.5, 0.6) is 0 Å². The monoisotopic (exact) mass is 258 g/mol. The van der Waals surface area contributed by atoms with E-state index in [9.17, 15) is 0 Å². The van der Waals surface area contributed by atoms with Crippen molar-refractivity contribution in [1.29, 1.82) is 0 Å². The first-order chi connectivity index (χ1) is 9.03. The molecule has 19 heavy (non-hydrogen) atoms. The van der Waals surface area contributed by atoms with Crippen molar-refractivity contribution in [3.05, 3.63) is 35.7 Å². The Labute approximate surface area is 113 Å².